The largest absolute Gasteiger partial charge is 0.337 e. The molecule has 2 heterocycles. The standard InChI is InChI=1S/C10H12BrN3S/c1-14-6-13-10(8(14)2-3-12)9-4-7(11)5-15-9/h4-6H,2-3,12H2,1H3. The lowest BCUT2D eigenvalue weighted by atomic mass is 10.2. The first-order valence-corrected chi connectivity index (χ1v) is 6.34. The summed E-state index contributed by atoms with van der Waals surface area (Å²) in [5.74, 6) is 0. The van der Waals surface area contributed by atoms with Gasteiger partial charge in [-0.1, -0.05) is 0 Å². The van der Waals surface area contributed by atoms with E-state index in [1.165, 1.54) is 10.6 Å². The van der Waals surface area contributed by atoms with Crippen molar-refractivity contribution in [2.24, 2.45) is 12.8 Å². The number of halogens is 1. The maximum atomic E-state index is 5.59. The first-order chi connectivity index (χ1) is 7.22. The molecule has 0 saturated carbocycles. The fourth-order valence-corrected chi connectivity index (χ4v) is 2.98. The molecule has 2 aromatic heterocycles. The zero-order valence-electron chi connectivity index (χ0n) is 8.40. The molecule has 0 fully saturated rings. The van der Waals surface area contributed by atoms with Crippen LogP contribution in [-0.2, 0) is 13.5 Å². The summed E-state index contributed by atoms with van der Waals surface area (Å²) >= 11 is 5.14. The summed E-state index contributed by atoms with van der Waals surface area (Å²) in [7, 11) is 2.00. The first-order valence-electron chi connectivity index (χ1n) is 4.67. The number of rotatable bonds is 3. The highest BCUT2D eigenvalue weighted by molar-refractivity contribution is 9.10. The quantitative estimate of drug-likeness (QED) is 0.941. The zero-order chi connectivity index (χ0) is 10.8. The maximum absolute atomic E-state index is 5.59. The van der Waals surface area contributed by atoms with Gasteiger partial charge in [0.25, 0.3) is 0 Å². The van der Waals surface area contributed by atoms with E-state index in [4.69, 9.17) is 5.73 Å². The van der Waals surface area contributed by atoms with E-state index >= 15 is 0 Å². The number of nitrogens with zero attached hydrogens (tertiary/aromatic N) is 2. The third kappa shape index (κ3) is 2.14. The fraction of sp³-hybridized carbons (Fsp3) is 0.300. The normalized spacial score (nSPS) is 10.9. The van der Waals surface area contributed by atoms with Crippen LogP contribution in [0.3, 0.4) is 0 Å². The van der Waals surface area contributed by atoms with Crippen molar-refractivity contribution >= 4 is 27.3 Å². The maximum Gasteiger partial charge on any atom is 0.101 e. The Balaban J connectivity index is 2.43. The summed E-state index contributed by atoms with van der Waals surface area (Å²) in [5.41, 5.74) is 7.85. The van der Waals surface area contributed by atoms with Crippen molar-refractivity contribution in [1.29, 1.82) is 0 Å². The molecule has 0 saturated heterocycles. The smallest absolute Gasteiger partial charge is 0.101 e. The lowest BCUT2D eigenvalue weighted by Crippen LogP contribution is -2.07. The van der Waals surface area contributed by atoms with Gasteiger partial charge in [-0.25, -0.2) is 4.98 Å². The van der Waals surface area contributed by atoms with Gasteiger partial charge in [0.05, 0.1) is 11.2 Å². The molecule has 2 N–H and O–H groups in total. The Hall–Kier alpha value is -0.650. The van der Waals surface area contributed by atoms with Gasteiger partial charge in [-0.3, -0.25) is 0 Å². The van der Waals surface area contributed by atoms with Gasteiger partial charge >= 0.3 is 0 Å². The molecule has 3 nitrogen and oxygen atoms in total. The van der Waals surface area contributed by atoms with Crippen LogP contribution in [0.1, 0.15) is 5.69 Å². The van der Waals surface area contributed by atoms with Crippen LogP contribution in [0.2, 0.25) is 0 Å². The lowest BCUT2D eigenvalue weighted by Gasteiger charge is -2.02. The summed E-state index contributed by atoms with van der Waals surface area (Å²) < 4.78 is 3.14. The predicted molar refractivity (Wildman–Crippen MR) is 67.0 cm³/mol. The van der Waals surface area contributed by atoms with Crippen molar-refractivity contribution in [2.45, 2.75) is 6.42 Å². The summed E-state index contributed by atoms with van der Waals surface area (Å²) in [6.07, 6.45) is 2.70. The predicted octanol–water partition coefficient (Wildman–Crippen LogP) is 2.41. The van der Waals surface area contributed by atoms with Crippen LogP contribution in [-0.4, -0.2) is 16.1 Å². The number of hydrogen-bond acceptors (Lipinski definition) is 3. The first kappa shape index (κ1) is 10.9. The van der Waals surface area contributed by atoms with Crippen LogP contribution in [0.4, 0.5) is 0 Å². The molecular weight excluding hydrogens is 274 g/mol. The Bertz CT molecular complexity index is 461. The number of hydrogen-bond donors (Lipinski definition) is 1. The van der Waals surface area contributed by atoms with Crippen LogP contribution in [0.25, 0.3) is 10.6 Å². The van der Waals surface area contributed by atoms with E-state index in [-0.39, 0.29) is 0 Å². The van der Waals surface area contributed by atoms with E-state index in [9.17, 15) is 0 Å². The fourth-order valence-electron chi connectivity index (χ4n) is 1.53. The van der Waals surface area contributed by atoms with Crippen molar-refractivity contribution in [2.75, 3.05) is 6.54 Å². The van der Waals surface area contributed by atoms with Gasteiger partial charge in [-0.2, -0.15) is 0 Å². The summed E-state index contributed by atoms with van der Waals surface area (Å²) in [6, 6.07) is 2.09. The van der Waals surface area contributed by atoms with Crippen LogP contribution in [0.5, 0.6) is 0 Å². The summed E-state index contributed by atoms with van der Waals surface area (Å²) in [4.78, 5) is 5.60. The molecule has 15 heavy (non-hydrogen) atoms. The Morgan fingerprint density at radius 3 is 3.00 bits per heavy atom. The van der Waals surface area contributed by atoms with E-state index in [2.05, 4.69) is 32.4 Å². The Morgan fingerprint density at radius 2 is 2.40 bits per heavy atom. The molecule has 0 spiro atoms. The molecule has 5 heteroatoms. The minimum absolute atomic E-state index is 0.652. The molecule has 0 atom stereocenters. The van der Waals surface area contributed by atoms with E-state index in [1.807, 2.05) is 17.9 Å². The monoisotopic (exact) mass is 285 g/mol. The van der Waals surface area contributed by atoms with Gasteiger partial charge in [-0.05, 0) is 28.5 Å². The highest BCUT2D eigenvalue weighted by Gasteiger charge is 2.11. The van der Waals surface area contributed by atoms with Gasteiger partial charge < -0.3 is 10.3 Å². The second-order valence-corrected chi connectivity index (χ2v) is 5.15. The van der Waals surface area contributed by atoms with Crippen LogP contribution in [0, 0.1) is 0 Å². The van der Waals surface area contributed by atoms with Crippen LogP contribution in [0.15, 0.2) is 22.2 Å². The number of nitrogens with two attached hydrogens (primary N) is 1. The molecule has 2 rings (SSSR count). The lowest BCUT2D eigenvalue weighted by molar-refractivity contribution is 0.806. The van der Waals surface area contributed by atoms with Crippen molar-refractivity contribution < 1.29 is 0 Å². The highest BCUT2D eigenvalue weighted by Crippen LogP contribution is 2.30. The van der Waals surface area contributed by atoms with Gasteiger partial charge in [0.1, 0.15) is 5.69 Å². The summed E-state index contributed by atoms with van der Waals surface area (Å²) in [5, 5.41) is 2.07. The molecule has 0 bridgehead atoms. The van der Waals surface area contributed by atoms with Gasteiger partial charge in [0, 0.05) is 29.0 Å². The minimum Gasteiger partial charge on any atom is -0.337 e. The van der Waals surface area contributed by atoms with E-state index in [0.29, 0.717) is 6.54 Å². The Labute approximate surface area is 101 Å². The van der Waals surface area contributed by atoms with Gasteiger partial charge in [0.2, 0.25) is 0 Å². The van der Waals surface area contributed by atoms with Crippen molar-refractivity contribution in [1.82, 2.24) is 9.55 Å². The second-order valence-electron chi connectivity index (χ2n) is 3.32. The third-order valence-electron chi connectivity index (χ3n) is 2.24. The minimum atomic E-state index is 0.652. The number of imidazole rings is 1. The van der Waals surface area contributed by atoms with E-state index in [0.717, 1.165) is 16.6 Å². The molecule has 0 aromatic carbocycles. The average molecular weight is 286 g/mol. The molecular formula is C10H12BrN3S. The molecule has 2 aromatic rings. The van der Waals surface area contributed by atoms with Gasteiger partial charge in [0.15, 0.2) is 0 Å². The molecule has 0 aliphatic heterocycles. The van der Waals surface area contributed by atoms with E-state index < -0.39 is 0 Å². The highest BCUT2D eigenvalue weighted by atomic mass is 79.9. The van der Waals surface area contributed by atoms with Crippen molar-refractivity contribution in [3.8, 4) is 10.6 Å². The molecule has 0 amide bonds. The Kier molecular flexibility index (Phi) is 3.23. The average Bonchev–Trinajstić information content (AvgIpc) is 2.76. The number of thiophene rings is 1. The second kappa shape index (κ2) is 4.47. The van der Waals surface area contributed by atoms with E-state index in [1.54, 1.807) is 11.3 Å². The van der Waals surface area contributed by atoms with Gasteiger partial charge in [-0.15, -0.1) is 11.3 Å². The van der Waals surface area contributed by atoms with Crippen LogP contribution < -0.4 is 5.73 Å². The SMILES string of the molecule is Cn1cnc(-c2cc(Br)cs2)c1CCN. The topological polar surface area (TPSA) is 43.8 Å². The molecule has 0 unspecified atom stereocenters. The third-order valence-corrected chi connectivity index (χ3v) is 3.94. The number of aryl methyl sites for hydroxylation is 1. The molecule has 80 valence electrons. The Morgan fingerprint density at radius 1 is 1.60 bits per heavy atom. The van der Waals surface area contributed by atoms with Crippen molar-refractivity contribution in [3.63, 3.8) is 0 Å². The molecule has 0 aliphatic carbocycles. The molecule has 0 aliphatic rings. The molecule has 0 radical (unpaired) electrons. The van der Waals surface area contributed by atoms with Crippen LogP contribution >= 0.6 is 27.3 Å². The summed E-state index contributed by atoms with van der Waals surface area (Å²) in [6.45, 7) is 0.652. The zero-order valence-corrected chi connectivity index (χ0v) is 10.8. The number of aromatic nitrogens is 2. The van der Waals surface area contributed by atoms with Crippen molar-refractivity contribution in [3.05, 3.63) is 27.9 Å².